The Morgan fingerprint density at radius 1 is 1.17 bits per heavy atom. The maximum absolute atomic E-state index is 12.2. The third kappa shape index (κ3) is 3.75. The van der Waals surface area contributed by atoms with Crippen molar-refractivity contribution in [1.82, 2.24) is 20.2 Å². The number of hydrogen-bond acceptors (Lipinski definition) is 4. The van der Waals surface area contributed by atoms with Crippen LogP contribution < -0.4 is 5.32 Å². The van der Waals surface area contributed by atoms with Crippen molar-refractivity contribution in [3.63, 3.8) is 0 Å². The van der Waals surface area contributed by atoms with Crippen molar-refractivity contribution in [2.24, 2.45) is 0 Å². The molecule has 0 spiro atoms. The summed E-state index contributed by atoms with van der Waals surface area (Å²) in [6.45, 7) is -0.0103. The van der Waals surface area contributed by atoms with Crippen molar-refractivity contribution in [2.75, 3.05) is 5.32 Å². The number of aromatic nitrogens is 4. The van der Waals surface area contributed by atoms with E-state index < -0.39 is 0 Å². The van der Waals surface area contributed by atoms with E-state index in [9.17, 15) is 4.79 Å². The van der Waals surface area contributed by atoms with Gasteiger partial charge in [-0.15, -0.1) is 5.10 Å². The molecule has 116 valence electrons. The summed E-state index contributed by atoms with van der Waals surface area (Å²) in [5.41, 5.74) is 1.38. The lowest BCUT2D eigenvalue weighted by molar-refractivity contribution is -0.116. The largest absolute Gasteiger partial charge is 0.323 e. The Morgan fingerprint density at radius 2 is 1.91 bits per heavy atom. The molecule has 0 saturated heterocycles. The smallest absolute Gasteiger partial charge is 0.246 e. The fourth-order valence-electron chi connectivity index (χ4n) is 2.01. The van der Waals surface area contributed by atoms with Gasteiger partial charge >= 0.3 is 0 Å². The van der Waals surface area contributed by atoms with Crippen LogP contribution in [0.1, 0.15) is 0 Å². The zero-order valence-electron chi connectivity index (χ0n) is 11.8. The second-order valence-corrected chi connectivity index (χ2v) is 6.02. The monoisotopic (exact) mass is 391 g/mol. The van der Waals surface area contributed by atoms with Crippen LogP contribution in [0, 0.1) is 0 Å². The summed E-state index contributed by atoms with van der Waals surface area (Å²) in [6, 6.07) is 14.6. The van der Waals surface area contributed by atoms with Crippen molar-refractivity contribution >= 4 is 39.1 Å². The highest BCUT2D eigenvalue weighted by molar-refractivity contribution is 9.10. The number of benzene rings is 2. The van der Waals surface area contributed by atoms with Gasteiger partial charge in [-0.25, -0.2) is 4.68 Å². The molecule has 1 amide bonds. The first kappa shape index (κ1) is 15.6. The molecule has 6 nitrogen and oxygen atoms in total. The third-order valence-corrected chi connectivity index (χ3v) is 3.93. The first-order chi connectivity index (χ1) is 11.1. The fraction of sp³-hybridized carbons (Fsp3) is 0.0667. The Morgan fingerprint density at radius 3 is 2.65 bits per heavy atom. The molecular weight excluding hydrogens is 382 g/mol. The van der Waals surface area contributed by atoms with Gasteiger partial charge in [-0.3, -0.25) is 4.79 Å². The fourth-order valence-corrected chi connectivity index (χ4v) is 2.45. The van der Waals surface area contributed by atoms with Crippen LogP contribution >= 0.6 is 27.5 Å². The van der Waals surface area contributed by atoms with Crippen LogP contribution in [0.5, 0.6) is 0 Å². The predicted molar refractivity (Wildman–Crippen MR) is 91.0 cm³/mol. The number of nitrogens with zero attached hydrogens (tertiary/aromatic N) is 4. The summed E-state index contributed by atoms with van der Waals surface area (Å²) in [7, 11) is 0. The first-order valence-corrected chi connectivity index (χ1v) is 7.87. The lowest BCUT2D eigenvalue weighted by Crippen LogP contribution is -2.20. The minimum absolute atomic E-state index is 0.0103. The molecule has 0 radical (unpaired) electrons. The minimum atomic E-state index is -0.260. The van der Waals surface area contributed by atoms with Crippen LogP contribution in [0.3, 0.4) is 0 Å². The lowest BCUT2D eigenvalue weighted by atomic mass is 10.2. The van der Waals surface area contributed by atoms with Gasteiger partial charge in [0.2, 0.25) is 5.91 Å². The first-order valence-electron chi connectivity index (χ1n) is 6.70. The van der Waals surface area contributed by atoms with Crippen LogP contribution in [-0.4, -0.2) is 26.1 Å². The second-order valence-electron chi connectivity index (χ2n) is 4.70. The molecule has 2 aromatic carbocycles. The molecule has 1 N–H and O–H groups in total. The molecule has 3 aromatic rings. The SMILES string of the molecule is O=C(Cn1nnnc1-c1ccc(Br)cc1)Nc1ccccc1Cl. The summed E-state index contributed by atoms with van der Waals surface area (Å²) in [4.78, 5) is 12.2. The zero-order valence-corrected chi connectivity index (χ0v) is 14.1. The number of hydrogen-bond donors (Lipinski definition) is 1. The summed E-state index contributed by atoms with van der Waals surface area (Å²) in [5.74, 6) is 0.260. The molecule has 0 aliphatic rings. The van der Waals surface area contributed by atoms with E-state index in [0.29, 0.717) is 16.5 Å². The molecule has 0 atom stereocenters. The quantitative estimate of drug-likeness (QED) is 0.738. The van der Waals surface area contributed by atoms with Gasteiger partial charge in [0, 0.05) is 10.0 Å². The molecule has 0 unspecified atom stereocenters. The van der Waals surface area contributed by atoms with E-state index in [1.807, 2.05) is 24.3 Å². The van der Waals surface area contributed by atoms with Gasteiger partial charge in [-0.1, -0.05) is 51.8 Å². The number of amides is 1. The minimum Gasteiger partial charge on any atom is -0.323 e. The van der Waals surface area contributed by atoms with Gasteiger partial charge in [0.15, 0.2) is 5.82 Å². The summed E-state index contributed by atoms with van der Waals surface area (Å²) in [5, 5.41) is 14.7. The van der Waals surface area contributed by atoms with Crippen LogP contribution in [0.2, 0.25) is 5.02 Å². The van der Waals surface area contributed by atoms with Crippen molar-refractivity contribution in [3.05, 3.63) is 58.0 Å². The van der Waals surface area contributed by atoms with Gasteiger partial charge < -0.3 is 5.32 Å². The van der Waals surface area contributed by atoms with Gasteiger partial charge in [0.1, 0.15) is 6.54 Å². The van der Waals surface area contributed by atoms with Gasteiger partial charge in [-0.05, 0) is 34.7 Å². The lowest BCUT2D eigenvalue weighted by Gasteiger charge is -2.08. The Bertz CT molecular complexity index is 834. The van der Waals surface area contributed by atoms with Crippen molar-refractivity contribution in [2.45, 2.75) is 6.54 Å². The van der Waals surface area contributed by atoms with E-state index in [4.69, 9.17) is 11.6 Å². The van der Waals surface area contributed by atoms with Gasteiger partial charge in [0.25, 0.3) is 0 Å². The zero-order chi connectivity index (χ0) is 16.2. The molecule has 8 heteroatoms. The average Bonchev–Trinajstić information content (AvgIpc) is 2.98. The summed E-state index contributed by atoms with van der Waals surface area (Å²) >= 11 is 9.40. The number of carbonyl (C=O) groups is 1. The molecule has 1 heterocycles. The van der Waals surface area contributed by atoms with E-state index in [1.165, 1.54) is 4.68 Å². The molecule has 0 bridgehead atoms. The van der Waals surface area contributed by atoms with Gasteiger partial charge in [-0.2, -0.15) is 0 Å². The van der Waals surface area contributed by atoms with Crippen molar-refractivity contribution in [3.8, 4) is 11.4 Å². The van der Waals surface area contributed by atoms with E-state index in [0.717, 1.165) is 10.0 Å². The highest BCUT2D eigenvalue weighted by atomic mass is 79.9. The van der Waals surface area contributed by atoms with Crippen molar-refractivity contribution < 1.29 is 4.79 Å². The van der Waals surface area contributed by atoms with Crippen LogP contribution in [0.25, 0.3) is 11.4 Å². The number of tetrazole rings is 1. The number of carbonyl (C=O) groups excluding carboxylic acids is 1. The maximum Gasteiger partial charge on any atom is 0.246 e. The number of halogens is 2. The second kappa shape index (κ2) is 6.89. The molecule has 23 heavy (non-hydrogen) atoms. The normalized spacial score (nSPS) is 10.5. The highest BCUT2D eigenvalue weighted by Crippen LogP contribution is 2.21. The van der Waals surface area contributed by atoms with Crippen LogP contribution in [-0.2, 0) is 11.3 Å². The van der Waals surface area contributed by atoms with Crippen molar-refractivity contribution in [1.29, 1.82) is 0 Å². The molecule has 3 rings (SSSR count). The summed E-state index contributed by atoms with van der Waals surface area (Å²) in [6.07, 6.45) is 0. The molecule has 0 aliphatic heterocycles. The Kier molecular flexibility index (Phi) is 4.68. The van der Waals surface area contributed by atoms with Gasteiger partial charge in [0.05, 0.1) is 10.7 Å². The molecular formula is C15H11BrClN5O. The number of nitrogens with one attached hydrogen (secondary N) is 1. The Balaban J connectivity index is 1.76. The Hall–Kier alpha value is -2.25. The number of anilines is 1. The molecule has 0 aliphatic carbocycles. The number of para-hydroxylation sites is 1. The molecule has 0 saturated carbocycles. The van der Waals surface area contributed by atoms with E-state index in [-0.39, 0.29) is 12.5 Å². The predicted octanol–water partition coefficient (Wildman–Crippen LogP) is 3.39. The molecule has 1 aromatic heterocycles. The third-order valence-electron chi connectivity index (χ3n) is 3.08. The maximum atomic E-state index is 12.2. The van der Waals surface area contributed by atoms with E-state index in [2.05, 4.69) is 36.8 Å². The standard InChI is InChI=1S/C15H11BrClN5O/c16-11-7-5-10(6-8-11)15-19-20-21-22(15)9-14(23)18-13-4-2-1-3-12(13)17/h1-8H,9H2,(H,18,23). The van der Waals surface area contributed by atoms with Crippen LogP contribution in [0.15, 0.2) is 53.0 Å². The number of rotatable bonds is 4. The Labute approximate surface area is 145 Å². The van der Waals surface area contributed by atoms with E-state index >= 15 is 0 Å². The highest BCUT2D eigenvalue weighted by Gasteiger charge is 2.13. The van der Waals surface area contributed by atoms with Crippen LogP contribution in [0.4, 0.5) is 5.69 Å². The topological polar surface area (TPSA) is 72.7 Å². The average molecular weight is 393 g/mol. The van der Waals surface area contributed by atoms with E-state index in [1.54, 1.807) is 24.3 Å². The molecule has 0 fully saturated rings. The summed E-state index contributed by atoms with van der Waals surface area (Å²) < 4.78 is 2.40.